The van der Waals surface area contributed by atoms with Gasteiger partial charge in [-0.15, -0.1) is 5.10 Å². The van der Waals surface area contributed by atoms with E-state index in [1.807, 2.05) is 0 Å². The predicted molar refractivity (Wildman–Crippen MR) is 64.0 cm³/mol. The maximum absolute atomic E-state index is 10.8. The number of carboxylic acid groups (broad SMARTS) is 1. The van der Waals surface area contributed by atoms with Crippen LogP contribution in [0.1, 0.15) is 0 Å². The smallest absolute Gasteiger partial charge is 0.325 e. The summed E-state index contributed by atoms with van der Waals surface area (Å²) in [6.07, 6.45) is 0. The number of ether oxygens (including phenoxy) is 2. The van der Waals surface area contributed by atoms with Crippen LogP contribution >= 0.6 is 0 Å². The number of rotatable bonds is 5. The van der Waals surface area contributed by atoms with Crippen molar-refractivity contribution in [3.8, 4) is 22.9 Å². The molecule has 0 aliphatic carbocycles. The number of carbonyl (C=O) groups is 1. The molecule has 1 aromatic carbocycles. The fraction of sp³-hybridized carbons (Fsp3) is 0.273. The van der Waals surface area contributed by atoms with Crippen molar-refractivity contribution in [3.63, 3.8) is 0 Å². The number of aromatic nitrogens is 4. The van der Waals surface area contributed by atoms with Gasteiger partial charge in [-0.3, -0.25) is 4.79 Å². The van der Waals surface area contributed by atoms with Gasteiger partial charge in [0.15, 0.2) is 5.82 Å². The van der Waals surface area contributed by atoms with Crippen LogP contribution in [0.4, 0.5) is 0 Å². The number of hydrogen-bond donors (Lipinski definition) is 1. The number of hydrogen-bond acceptors (Lipinski definition) is 6. The van der Waals surface area contributed by atoms with Gasteiger partial charge in [0.05, 0.1) is 14.2 Å². The summed E-state index contributed by atoms with van der Waals surface area (Å²) < 4.78 is 11.6. The highest BCUT2D eigenvalue weighted by Crippen LogP contribution is 2.36. The van der Waals surface area contributed by atoms with E-state index in [0.717, 1.165) is 0 Å². The van der Waals surface area contributed by atoms with Gasteiger partial charge in [0.25, 0.3) is 0 Å². The molecule has 0 aliphatic rings. The van der Waals surface area contributed by atoms with Crippen molar-refractivity contribution in [1.82, 2.24) is 20.2 Å². The third-order valence-corrected chi connectivity index (χ3v) is 2.47. The van der Waals surface area contributed by atoms with Gasteiger partial charge in [-0.1, -0.05) is 6.07 Å². The topological polar surface area (TPSA) is 99.4 Å². The molecule has 8 nitrogen and oxygen atoms in total. The molecule has 0 saturated heterocycles. The molecule has 2 aromatic rings. The van der Waals surface area contributed by atoms with Gasteiger partial charge in [0.2, 0.25) is 0 Å². The average molecular weight is 264 g/mol. The van der Waals surface area contributed by atoms with Gasteiger partial charge in [-0.25, -0.2) is 4.68 Å². The van der Waals surface area contributed by atoms with E-state index < -0.39 is 5.97 Å². The van der Waals surface area contributed by atoms with Crippen LogP contribution < -0.4 is 9.47 Å². The minimum atomic E-state index is -1.04. The van der Waals surface area contributed by atoms with Gasteiger partial charge in [-0.2, -0.15) is 0 Å². The zero-order valence-corrected chi connectivity index (χ0v) is 10.4. The second kappa shape index (κ2) is 5.34. The summed E-state index contributed by atoms with van der Waals surface area (Å²) in [5, 5.41) is 19.8. The van der Waals surface area contributed by atoms with Crippen LogP contribution in [0.3, 0.4) is 0 Å². The number of methoxy groups -OCH3 is 2. The van der Waals surface area contributed by atoms with E-state index >= 15 is 0 Å². The second-order valence-corrected chi connectivity index (χ2v) is 3.59. The molecule has 0 saturated carbocycles. The zero-order valence-electron chi connectivity index (χ0n) is 10.4. The highest BCUT2D eigenvalue weighted by Gasteiger charge is 2.20. The van der Waals surface area contributed by atoms with Crippen LogP contribution in [-0.4, -0.2) is 45.5 Å². The minimum Gasteiger partial charge on any atom is -0.496 e. The molecule has 8 heteroatoms. The molecule has 0 unspecified atom stereocenters. The summed E-state index contributed by atoms with van der Waals surface area (Å²) in [4.78, 5) is 10.8. The average Bonchev–Trinajstić information content (AvgIpc) is 2.84. The van der Waals surface area contributed by atoms with E-state index in [1.54, 1.807) is 18.2 Å². The quantitative estimate of drug-likeness (QED) is 0.836. The fourth-order valence-electron chi connectivity index (χ4n) is 1.69. The van der Waals surface area contributed by atoms with E-state index in [1.165, 1.54) is 18.9 Å². The van der Waals surface area contributed by atoms with Crippen molar-refractivity contribution in [2.45, 2.75) is 6.54 Å². The third-order valence-electron chi connectivity index (χ3n) is 2.47. The number of carboxylic acids is 1. The van der Waals surface area contributed by atoms with Crippen molar-refractivity contribution in [2.24, 2.45) is 0 Å². The number of nitrogens with zero attached hydrogens (tertiary/aromatic N) is 4. The third kappa shape index (κ3) is 2.46. The Balaban J connectivity index is 2.58. The van der Waals surface area contributed by atoms with Crippen LogP contribution in [0.25, 0.3) is 11.4 Å². The van der Waals surface area contributed by atoms with Crippen LogP contribution in [0.2, 0.25) is 0 Å². The molecule has 0 atom stereocenters. The van der Waals surface area contributed by atoms with Crippen LogP contribution in [0.15, 0.2) is 18.2 Å². The Morgan fingerprint density at radius 1 is 1.32 bits per heavy atom. The number of benzene rings is 1. The Morgan fingerprint density at radius 3 is 2.47 bits per heavy atom. The largest absolute Gasteiger partial charge is 0.496 e. The monoisotopic (exact) mass is 264 g/mol. The van der Waals surface area contributed by atoms with E-state index in [2.05, 4.69) is 15.5 Å². The molecule has 1 N–H and O–H groups in total. The van der Waals surface area contributed by atoms with E-state index in [0.29, 0.717) is 17.1 Å². The molecule has 19 heavy (non-hydrogen) atoms. The van der Waals surface area contributed by atoms with Crippen LogP contribution in [-0.2, 0) is 11.3 Å². The summed E-state index contributed by atoms with van der Waals surface area (Å²) in [6.45, 7) is -0.344. The molecule has 0 radical (unpaired) electrons. The van der Waals surface area contributed by atoms with Crippen molar-refractivity contribution < 1.29 is 19.4 Å². The molecular weight excluding hydrogens is 252 g/mol. The molecule has 2 rings (SSSR count). The number of tetrazole rings is 1. The first kappa shape index (κ1) is 12.8. The van der Waals surface area contributed by atoms with Crippen molar-refractivity contribution >= 4 is 5.97 Å². The lowest BCUT2D eigenvalue weighted by Crippen LogP contribution is -2.12. The van der Waals surface area contributed by atoms with Crippen LogP contribution in [0, 0.1) is 0 Å². The summed E-state index contributed by atoms with van der Waals surface area (Å²) >= 11 is 0. The Kier molecular flexibility index (Phi) is 3.60. The SMILES string of the molecule is COc1cccc(OC)c1-c1nnnn1CC(=O)O. The maximum atomic E-state index is 10.8. The molecule has 1 aromatic heterocycles. The van der Waals surface area contributed by atoms with Crippen molar-refractivity contribution in [3.05, 3.63) is 18.2 Å². The second-order valence-electron chi connectivity index (χ2n) is 3.59. The maximum Gasteiger partial charge on any atom is 0.325 e. The van der Waals surface area contributed by atoms with E-state index in [9.17, 15) is 4.79 Å². The lowest BCUT2D eigenvalue weighted by Gasteiger charge is -2.11. The molecule has 0 amide bonds. The fourth-order valence-corrected chi connectivity index (χ4v) is 1.69. The molecule has 100 valence electrons. The molecule has 0 fully saturated rings. The van der Waals surface area contributed by atoms with Gasteiger partial charge >= 0.3 is 5.97 Å². The summed E-state index contributed by atoms with van der Waals surface area (Å²) in [5.41, 5.74) is 0.513. The summed E-state index contributed by atoms with van der Waals surface area (Å²) in [5.74, 6) is 0.237. The van der Waals surface area contributed by atoms with Gasteiger partial charge < -0.3 is 14.6 Å². The van der Waals surface area contributed by atoms with Crippen molar-refractivity contribution in [2.75, 3.05) is 14.2 Å². The highest BCUT2D eigenvalue weighted by molar-refractivity contribution is 5.73. The first-order valence-electron chi connectivity index (χ1n) is 5.36. The first-order chi connectivity index (χ1) is 9.17. The lowest BCUT2D eigenvalue weighted by atomic mass is 10.1. The predicted octanol–water partition coefficient (Wildman–Crippen LogP) is 0.442. The Hall–Kier alpha value is -2.64. The van der Waals surface area contributed by atoms with Crippen molar-refractivity contribution in [1.29, 1.82) is 0 Å². The minimum absolute atomic E-state index is 0.275. The Labute approximate surface area is 108 Å². The first-order valence-corrected chi connectivity index (χ1v) is 5.36. The standard InChI is InChI=1S/C11H12N4O4/c1-18-7-4-3-5-8(19-2)10(7)11-12-13-14-15(11)6-9(16)17/h3-5H,6H2,1-2H3,(H,16,17). The summed E-state index contributed by atoms with van der Waals surface area (Å²) in [6, 6.07) is 5.20. The normalized spacial score (nSPS) is 10.2. The van der Waals surface area contributed by atoms with E-state index in [4.69, 9.17) is 14.6 Å². The van der Waals surface area contributed by atoms with E-state index in [-0.39, 0.29) is 12.4 Å². The lowest BCUT2D eigenvalue weighted by molar-refractivity contribution is -0.137. The molecular formula is C11H12N4O4. The van der Waals surface area contributed by atoms with Crippen LogP contribution in [0.5, 0.6) is 11.5 Å². The van der Waals surface area contributed by atoms with Gasteiger partial charge in [0.1, 0.15) is 23.6 Å². The molecule has 1 heterocycles. The van der Waals surface area contributed by atoms with Gasteiger partial charge in [-0.05, 0) is 22.6 Å². The van der Waals surface area contributed by atoms with Gasteiger partial charge in [0, 0.05) is 0 Å². The summed E-state index contributed by atoms with van der Waals surface area (Å²) in [7, 11) is 3.01. The Morgan fingerprint density at radius 2 is 1.95 bits per heavy atom. The number of aliphatic carboxylic acids is 1. The molecule has 0 aliphatic heterocycles. The zero-order chi connectivity index (χ0) is 13.8. The molecule has 0 bridgehead atoms. The highest BCUT2D eigenvalue weighted by atomic mass is 16.5. The Bertz CT molecular complexity index is 574. The molecule has 0 spiro atoms.